The molecular weight excluding hydrogens is 424 g/mol. The number of benzene rings is 1. The van der Waals surface area contributed by atoms with Gasteiger partial charge in [0.1, 0.15) is 11.4 Å². The highest BCUT2D eigenvalue weighted by atomic mass is 32.1. The van der Waals surface area contributed by atoms with Crippen molar-refractivity contribution in [3.8, 4) is 0 Å². The van der Waals surface area contributed by atoms with Crippen LogP contribution in [0.4, 0.5) is 16.5 Å². The molecule has 0 spiro atoms. The molecule has 0 saturated carbocycles. The lowest BCUT2D eigenvalue weighted by atomic mass is 10.0. The number of aryl methyl sites for hydroxylation is 2. The molecule has 1 aromatic heterocycles. The molecule has 1 aliphatic rings. The standard InChI is InChI=1S/C20H22N4O6S/c1-11(2)10-30-19(27)18-12(3)21-20(31-18)22-16(25)9-23-15-6-5-14(24(28)29)8-13(15)4-7-17(23)26/h5-6,8,11H,4,7,9-10H2,1-3H3,(H,21,22,25). The summed E-state index contributed by atoms with van der Waals surface area (Å²) in [5.41, 5.74) is 1.50. The van der Waals surface area contributed by atoms with E-state index in [9.17, 15) is 24.5 Å². The van der Waals surface area contributed by atoms with Crippen LogP contribution in [0.1, 0.15) is 41.2 Å². The second-order valence-electron chi connectivity index (χ2n) is 7.52. The highest BCUT2D eigenvalue weighted by Gasteiger charge is 2.28. The maximum Gasteiger partial charge on any atom is 0.350 e. The van der Waals surface area contributed by atoms with E-state index in [0.717, 1.165) is 11.3 Å². The van der Waals surface area contributed by atoms with Crippen molar-refractivity contribution in [2.45, 2.75) is 33.6 Å². The number of hydrogen-bond acceptors (Lipinski definition) is 8. The Bertz CT molecular complexity index is 1050. The number of nitro groups is 1. The van der Waals surface area contributed by atoms with Gasteiger partial charge in [-0.25, -0.2) is 9.78 Å². The monoisotopic (exact) mass is 446 g/mol. The van der Waals surface area contributed by atoms with E-state index in [4.69, 9.17) is 4.74 Å². The molecule has 2 amide bonds. The molecule has 1 N–H and O–H groups in total. The number of fused-ring (bicyclic) bond motifs is 1. The van der Waals surface area contributed by atoms with Crippen LogP contribution in [-0.2, 0) is 20.7 Å². The number of non-ortho nitro benzene ring substituents is 1. The van der Waals surface area contributed by atoms with E-state index in [1.54, 1.807) is 6.92 Å². The van der Waals surface area contributed by atoms with Crippen LogP contribution in [0.3, 0.4) is 0 Å². The zero-order valence-corrected chi connectivity index (χ0v) is 18.2. The third-order valence-electron chi connectivity index (χ3n) is 4.55. The largest absolute Gasteiger partial charge is 0.461 e. The van der Waals surface area contributed by atoms with Gasteiger partial charge in [0.2, 0.25) is 11.8 Å². The summed E-state index contributed by atoms with van der Waals surface area (Å²) in [6.45, 7) is 5.52. The topological polar surface area (TPSA) is 132 Å². The first-order chi connectivity index (χ1) is 14.7. The Morgan fingerprint density at radius 1 is 1.35 bits per heavy atom. The Balaban J connectivity index is 1.70. The molecule has 11 heteroatoms. The number of carbonyl (C=O) groups excluding carboxylic acids is 3. The van der Waals surface area contributed by atoms with Gasteiger partial charge in [-0.2, -0.15) is 0 Å². The summed E-state index contributed by atoms with van der Waals surface area (Å²) in [6, 6.07) is 4.21. The minimum Gasteiger partial charge on any atom is -0.461 e. The van der Waals surface area contributed by atoms with Crippen molar-refractivity contribution < 1.29 is 24.0 Å². The van der Waals surface area contributed by atoms with Crippen molar-refractivity contribution in [1.29, 1.82) is 0 Å². The minimum atomic E-state index is -0.498. The normalized spacial score (nSPS) is 13.2. The average molecular weight is 446 g/mol. The average Bonchev–Trinajstić information content (AvgIpc) is 3.07. The van der Waals surface area contributed by atoms with E-state index < -0.39 is 16.8 Å². The molecule has 0 bridgehead atoms. The summed E-state index contributed by atoms with van der Waals surface area (Å²) in [6.07, 6.45) is 0.533. The Labute approximate surface area is 182 Å². The second kappa shape index (κ2) is 9.21. The molecule has 10 nitrogen and oxygen atoms in total. The van der Waals surface area contributed by atoms with E-state index in [1.807, 2.05) is 13.8 Å². The summed E-state index contributed by atoms with van der Waals surface area (Å²) in [5, 5.41) is 13.8. The van der Waals surface area contributed by atoms with Crippen molar-refractivity contribution in [3.05, 3.63) is 44.4 Å². The SMILES string of the molecule is Cc1nc(NC(=O)CN2C(=O)CCc3cc([N+](=O)[O-])ccc32)sc1C(=O)OCC(C)C. The lowest BCUT2D eigenvalue weighted by Gasteiger charge is -2.28. The summed E-state index contributed by atoms with van der Waals surface area (Å²) in [5.74, 6) is -1.03. The molecule has 0 radical (unpaired) electrons. The van der Waals surface area contributed by atoms with Gasteiger partial charge in [-0.05, 0) is 30.9 Å². The van der Waals surface area contributed by atoms with Crippen LogP contribution in [0.2, 0.25) is 0 Å². The van der Waals surface area contributed by atoms with Crippen molar-refractivity contribution in [3.63, 3.8) is 0 Å². The highest BCUT2D eigenvalue weighted by Crippen LogP contribution is 2.31. The molecular formula is C20H22N4O6S. The van der Waals surface area contributed by atoms with Gasteiger partial charge in [0.25, 0.3) is 5.69 Å². The van der Waals surface area contributed by atoms with Crippen LogP contribution in [0.5, 0.6) is 0 Å². The van der Waals surface area contributed by atoms with E-state index in [2.05, 4.69) is 10.3 Å². The van der Waals surface area contributed by atoms with Crippen LogP contribution >= 0.6 is 11.3 Å². The number of anilines is 2. The van der Waals surface area contributed by atoms with Crippen molar-refractivity contribution in [2.24, 2.45) is 5.92 Å². The molecule has 0 atom stereocenters. The fourth-order valence-electron chi connectivity index (χ4n) is 3.08. The fraction of sp³-hybridized carbons (Fsp3) is 0.400. The van der Waals surface area contributed by atoms with Crippen LogP contribution in [0.15, 0.2) is 18.2 Å². The highest BCUT2D eigenvalue weighted by molar-refractivity contribution is 7.17. The number of nitrogens with zero attached hydrogens (tertiary/aromatic N) is 3. The van der Waals surface area contributed by atoms with Gasteiger partial charge < -0.3 is 15.0 Å². The van der Waals surface area contributed by atoms with Gasteiger partial charge >= 0.3 is 5.97 Å². The maximum atomic E-state index is 12.6. The quantitative estimate of drug-likeness (QED) is 0.393. The molecule has 164 valence electrons. The zero-order chi connectivity index (χ0) is 22.7. The zero-order valence-electron chi connectivity index (χ0n) is 17.3. The molecule has 0 saturated heterocycles. The summed E-state index contributed by atoms with van der Waals surface area (Å²) in [7, 11) is 0. The molecule has 1 aliphatic heterocycles. The Morgan fingerprint density at radius 3 is 2.77 bits per heavy atom. The number of esters is 1. The second-order valence-corrected chi connectivity index (χ2v) is 8.52. The number of hydrogen-bond donors (Lipinski definition) is 1. The van der Waals surface area contributed by atoms with Crippen molar-refractivity contribution in [1.82, 2.24) is 4.98 Å². The van der Waals surface area contributed by atoms with Crippen LogP contribution < -0.4 is 10.2 Å². The van der Waals surface area contributed by atoms with Crippen LogP contribution in [-0.4, -0.2) is 40.8 Å². The van der Waals surface area contributed by atoms with Gasteiger partial charge in [-0.3, -0.25) is 19.7 Å². The first-order valence-electron chi connectivity index (χ1n) is 9.67. The Morgan fingerprint density at radius 2 is 2.10 bits per heavy atom. The van der Waals surface area contributed by atoms with Gasteiger partial charge in [0, 0.05) is 24.2 Å². The molecule has 3 rings (SSSR count). The van der Waals surface area contributed by atoms with Crippen molar-refractivity contribution in [2.75, 3.05) is 23.4 Å². The number of aromatic nitrogens is 1. The predicted molar refractivity (Wildman–Crippen MR) is 114 cm³/mol. The number of thiazole rings is 1. The van der Waals surface area contributed by atoms with E-state index in [1.165, 1.54) is 23.1 Å². The molecule has 31 heavy (non-hydrogen) atoms. The van der Waals surface area contributed by atoms with Gasteiger partial charge in [-0.1, -0.05) is 25.2 Å². The number of rotatable bonds is 7. The lowest BCUT2D eigenvalue weighted by Crippen LogP contribution is -2.40. The van der Waals surface area contributed by atoms with E-state index in [0.29, 0.717) is 28.2 Å². The molecule has 0 unspecified atom stereocenters. The molecule has 0 fully saturated rings. The van der Waals surface area contributed by atoms with Crippen LogP contribution in [0, 0.1) is 23.0 Å². The molecule has 2 aromatic rings. The lowest BCUT2D eigenvalue weighted by molar-refractivity contribution is -0.384. The van der Waals surface area contributed by atoms with Gasteiger partial charge in [0.15, 0.2) is 5.13 Å². The number of nitrogens with one attached hydrogen (secondary N) is 1. The van der Waals surface area contributed by atoms with Gasteiger partial charge in [0.05, 0.1) is 17.2 Å². The summed E-state index contributed by atoms with van der Waals surface area (Å²) in [4.78, 5) is 53.4. The third-order valence-corrected chi connectivity index (χ3v) is 5.60. The minimum absolute atomic E-state index is 0.0624. The first-order valence-corrected chi connectivity index (χ1v) is 10.5. The first kappa shape index (κ1) is 22.3. The number of amides is 2. The van der Waals surface area contributed by atoms with E-state index in [-0.39, 0.29) is 42.2 Å². The molecule has 1 aromatic carbocycles. The number of carbonyl (C=O) groups is 3. The maximum absolute atomic E-state index is 12.6. The Kier molecular flexibility index (Phi) is 6.64. The fourth-order valence-corrected chi connectivity index (χ4v) is 3.96. The van der Waals surface area contributed by atoms with Gasteiger partial charge in [-0.15, -0.1) is 0 Å². The Hall–Kier alpha value is -3.34. The predicted octanol–water partition coefficient (Wildman–Crippen LogP) is 3.09. The number of nitro benzene ring substituents is 1. The summed E-state index contributed by atoms with van der Waals surface area (Å²) >= 11 is 1.01. The molecule has 2 heterocycles. The molecule has 0 aliphatic carbocycles. The smallest absolute Gasteiger partial charge is 0.350 e. The number of ether oxygens (including phenoxy) is 1. The third kappa shape index (κ3) is 5.23. The van der Waals surface area contributed by atoms with E-state index >= 15 is 0 Å². The van der Waals surface area contributed by atoms with Crippen molar-refractivity contribution >= 4 is 45.6 Å². The van der Waals surface area contributed by atoms with Crippen LogP contribution in [0.25, 0.3) is 0 Å². The summed E-state index contributed by atoms with van der Waals surface area (Å²) < 4.78 is 5.21.